The molecule has 0 amide bonds. The fourth-order valence-corrected chi connectivity index (χ4v) is 3.91. The molecule has 2 saturated heterocycles. The molecule has 0 bridgehead atoms. The van der Waals surface area contributed by atoms with Gasteiger partial charge in [-0.05, 0) is 59.2 Å². The Balaban J connectivity index is 1.61. The Morgan fingerprint density at radius 1 is 1.00 bits per heavy atom. The van der Waals surface area contributed by atoms with E-state index in [0.29, 0.717) is 13.1 Å². The summed E-state index contributed by atoms with van der Waals surface area (Å²) in [5, 5.41) is 17.4. The summed E-state index contributed by atoms with van der Waals surface area (Å²) in [7, 11) is 0. The quantitative estimate of drug-likeness (QED) is 0.277. The Bertz CT molecular complexity index is 433. The van der Waals surface area contributed by atoms with Gasteiger partial charge in [0.2, 0.25) is 0 Å². The fraction of sp³-hybridized carbons (Fsp3) is 0.952. The van der Waals surface area contributed by atoms with E-state index in [1.165, 1.54) is 51.7 Å². The van der Waals surface area contributed by atoms with Gasteiger partial charge in [0.1, 0.15) is 0 Å². The van der Waals surface area contributed by atoms with Crippen molar-refractivity contribution in [2.75, 3.05) is 72.1 Å². The summed E-state index contributed by atoms with van der Waals surface area (Å²) >= 11 is 0. The number of nitrogens with zero attached hydrogens (tertiary/aromatic N) is 3. The van der Waals surface area contributed by atoms with Gasteiger partial charge in [0, 0.05) is 32.7 Å². The van der Waals surface area contributed by atoms with Crippen LogP contribution in [0.15, 0.2) is 4.99 Å². The molecule has 7 heteroatoms. The van der Waals surface area contributed by atoms with E-state index in [-0.39, 0.29) is 0 Å². The van der Waals surface area contributed by atoms with Crippen molar-refractivity contribution in [3.05, 3.63) is 0 Å². The maximum absolute atomic E-state index is 10.7. The Morgan fingerprint density at radius 3 is 2.46 bits per heavy atom. The summed E-state index contributed by atoms with van der Waals surface area (Å²) in [6, 6.07) is 0. The van der Waals surface area contributed by atoms with Gasteiger partial charge in [0.05, 0.1) is 25.4 Å². The number of guanidine groups is 1. The number of aliphatic imine (C=N–C) groups is 1. The Morgan fingerprint density at radius 2 is 1.75 bits per heavy atom. The average Bonchev–Trinajstić information content (AvgIpc) is 2.70. The van der Waals surface area contributed by atoms with Crippen LogP contribution < -0.4 is 10.6 Å². The lowest BCUT2D eigenvalue weighted by atomic mass is 10.1. The third-order valence-corrected chi connectivity index (χ3v) is 5.48. The Hall–Kier alpha value is -0.890. The lowest BCUT2D eigenvalue weighted by Crippen LogP contribution is -2.48. The molecule has 2 rings (SSSR count). The van der Waals surface area contributed by atoms with Gasteiger partial charge in [0.25, 0.3) is 0 Å². The van der Waals surface area contributed by atoms with Crippen molar-refractivity contribution < 1.29 is 9.84 Å². The Kier molecular flexibility index (Phi) is 11.2. The van der Waals surface area contributed by atoms with Gasteiger partial charge in [0.15, 0.2) is 5.96 Å². The summed E-state index contributed by atoms with van der Waals surface area (Å²) in [4.78, 5) is 9.48. The number of likely N-dealkylation sites (tertiary alicyclic amines) is 1. The highest BCUT2D eigenvalue weighted by atomic mass is 16.5. The molecule has 1 atom stereocenters. The molecule has 0 aromatic heterocycles. The zero-order valence-electron chi connectivity index (χ0n) is 18.2. The third kappa shape index (κ3) is 10.0. The first kappa shape index (κ1) is 23.4. The molecular weight excluding hydrogens is 354 g/mol. The van der Waals surface area contributed by atoms with Crippen LogP contribution in [0.3, 0.4) is 0 Å². The highest BCUT2D eigenvalue weighted by Crippen LogP contribution is 2.10. The summed E-state index contributed by atoms with van der Waals surface area (Å²) in [6.45, 7) is 13.8. The first-order valence-electron chi connectivity index (χ1n) is 11.4. The van der Waals surface area contributed by atoms with Crippen LogP contribution in [0.5, 0.6) is 0 Å². The van der Waals surface area contributed by atoms with Gasteiger partial charge >= 0.3 is 0 Å². The predicted octanol–water partition coefficient (Wildman–Crippen LogP) is 1.28. The highest BCUT2D eigenvalue weighted by molar-refractivity contribution is 5.79. The minimum atomic E-state index is -0.825. The second-order valence-electron chi connectivity index (χ2n) is 8.47. The van der Waals surface area contributed by atoms with E-state index in [1.54, 1.807) is 0 Å². The number of aliphatic hydroxyl groups is 1. The fourth-order valence-electron chi connectivity index (χ4n) is 3.91. The number of hydrogen-bond acceptors (Lipinski definition) is 5. The monoisotopic (exact) mass is 397 g/mol. The van der Waals surface area contributed by atoms with E-state index >= 15 is 0 Å². The maximum atomic E-state index is 10.7. The van der Waals surface area contributed by atoms with Crippen molar-refractivity contribution in [3.8, 4) is 0 Å². The minimum absolute atomic E-state index is 0.397. The summed E-state index contributed by atoms with van der Waals surface area (Å²) in [5.74, 6) is 0.806. The van der Waals surface area contributed by atoms with Gasteiger partial charge in [-0.3, -0.25) is 9.89 Å². The van der Waals surface area contributed by atoms with Crippen molar-refractivity contribution >= 4 is 5.96 Å². The van der Waals surface area contributed by atoms with Crippen LogP contribution in [0.25, 0.3) is 0 Å². The van der Waals surface area contributed by atoms with E-state index in [1.807, 2.05) is 6.92 Å². The van der Waals surface area contributed by atoms with Crippen LogP contribution in [0.2, 0.25) is 0 Å². The topological polar surface area (TPSA) is 72.4 Å². The molecular formula is C21H43N5O2. The smallest absolute Gasteiger partial charge is 0.191 e. The van der Waals surface area contributed by atoms with E-state index in [2.05, 4.69) is 32.3 Å². The number of piperidine rings is 1. The number of unbranched alkanes of at least 4 members (excludes halogenated alkanes) is 2. The molecule has 1 unspecified atom stereocenters. The average molecular weight is 398 g/mol. The molecule has 3 N–H and O–H groups in total. The van der Waals surface area contributed by atoms with Crippen LogP contribution in [0.1, 0.15) is 52.4 Å². The molecule has 2 heterocycles. The zero-order valence-corrected chi connectivity index (χ0v) is 18.2. The molecule has 2 aliphatic rings. The zero-order chi connectivity index (χ0) is 20.1. The lowest BCUT2D eigenvalue weighted by molar-refractivity contribution is -0.0179. The first-order valence-corrected chi connectivity index (χ1v) is 11.4. The molecule has 7 nitrogen and oxygen atoms in total. The van der Waals surface area contributed by atoms with E-state index in [9.17, 15) is 5.11 Å². The number of hydrogen-bond donors (Lipinski definition) is 3. The van der Waals surface area contributed by atoms with E-state index in [4.69, 9.17) is 4.74 Å². The maximum Gasteiger partial charge on any atom is 0.191 e. The molecule has 2 fully saturated rings. The molecule has 0 radical (unpaired) electrons. The number of ether oxygens (including phenoxy) is 1. The van der Waals surface area contributed by atoms with Gasteiger partial charge in [-0.1, -0.05) is 12.8 Å². The largest absolute Gasteiger partial charge is 0.387 e. The minimum Gasteiger partial charge on any atom is -0.387 e. The second-order valence-corrected chi connectivity index (χ2v) is 8.47. The summed E-state index contributed by atoms with van der Waals surface area (Å²) < 4.78 is 5.38. The molecule has 0 spiro atoms. The number of rotatable bonds is 11. The second kappa shape index (κ2) is 13.4. The molecule has 0 aliphatic carbocycles. The molecule has 164 valence electrons. The van der Waals surface area contributed by atoms with Crippen molar-refractivity contribution in [1.29, 1.82) is 0 Å². The number of nitrogens with one attached hydrogen (secondary N) is 2. The molecule has 0 aromatic carbocycles. The van der Waals surface area contributed by atoms with Crippen molar-refractivity contribution in [2.24, 2.45) is 4.99 Å². The number of morpholine rings is 1. The normalized spacial score (nSPS) is 22.0. The lowest BCUT2D eigenvalue weighted by Gasteiger charge is -2.33. The van der Waals surface area contributed by atoms with Crippen LogP contribution in [-0.4, -0.2) is 98.6 Å². The van der Waals surface area contributed by atoms with Crippen LogP contribution >= 0.6 is 0 Å². The van der Waals surface area contributed by atoms with Gasteiger partial charge in [-0.2, -0.15) is 0 Å². The Labute approximate surface area is 171 Å². The summed E-state index contributed by atoms with van der Waals surface area (Å²) in [6.07, 6.45) is 7.84. The van der Waals surface area contributed by atoms with Crippen molar-refractivity contribution in [3.63, 3.8) is 0 Å². The van der Waals surface area contributed by atoms with Crippen LogP contribution in [0.4, 0.5) is 0 Å². The highest BCUT2D eigenvalue weighted by Gasteiger charge is 2.25. The van der Waals surface area contributed by atoms with Crippen LogP contribution in [0, 0.1) is 0 Å². The van der Waals surface area contributed by atoms with E-state index in [0.717, 1.165) is 51.8 Å². The molecule has 28 heavy (non-hydrogen) atoms. The molecule has 0 aromatic rings. The molecule has 2 aliphatic heterocycles. The molecule has 0 saturated carbocycles. The van der Waals surface area contributed by atoms with Gasteiger partial charge in [-0.15, -0.1) is 0 Å². The number of β-amino-alcohol motifs (C(OH)–C–C–N with tert-alkyl or cyclic N) is 1. The standard InChI is InChI=1S/C21H43N5O2/c1-3-22-20(23-10-6-4-7-11-25-12-8-5-9-13-25)24-18-21(2,27)19-26-14-16-28-17-15-26/h27H,3-19H2,1-2H3,(H2,22,23,24). The first-order chi connectivity index (χ1) is 13.6. The van der Waals surface area contributed by atoms with Crippen molar-refractivity contribution in [1.82, 2.24) is 20.4 Å². The van der Waals surface area contributed by atoms with E-state index < -0.39 is 5.60 Å². The van der Waals surface area contributed by atoms with Crippen LogP contribution in [-0.2, 0) is 4.74 Å². The van der Waals surface area contributed by atoms with Gasteiger partial charge in [-0.25, -0.2) is 0 Å². The predicted molar refractivity (Wildman–Crippen MR) is 116 cm³/mol. The van der Waals surface area contributed by atoms with Crippen molar-refractivity contribution in [2.45, 2.75) is 58.0 Å². The van der Waals surface area contributed by atoms with Gasteiger partial charge < -0.3 is 25.4 Å². The SMILES string of the molecule is CCNC(=NCC(C)(O)CN1CCOCC1)NCCCCCN1CCCCC1. The summed E-state index contributed by atoms with van der Waals surface area (Å²) in [5.41, 5.74) is -0.825. The third-order valence-electron chi connectivity index (χ3n) is 5.48.